The van der Waals surface area contributed by atoms with E-state index in [0.717, 1.165) is 5.75 Å². The summed E-state index contributed by atoms with van der Waals surface area (Å²) in [7, 11) is 0. The standard InChI is InChI=1S/C14H21N3O3S/c1-4-15-14(21)17-16-13(18)10(3)20-12-8-6-11(7-9-12)19-5-2/h6-10H,4-5H2,1-3H3,(H,16,18)(H2,15,17,21)/t10-/m1/s1. The topological polar surface area (TPSA) is 71.6 Å². The van der Waals surface area contributed by atoms with E-state index in [1.165, 1.54) is 0 Å². The molecule has 1 amide bonds. The minimum atomic E-state index is -0.653. The maximum absolute atomic E-state index is 11.8. The van der Waals surface area contributed by atoms with E-state index in [2.05, 4.69) is 16.2 Å². The molecule has 1 aromatic carbocycles. The zero-order valence-corrected chi connectivity index (χ0v) is 13.3. The summed E-state index contributed by atoms with van der Waals surface area (Å²) in [5, 5.41) is 3.22. The average Bonchev–Trinajstić information content (AvgIpc) is 2.47. The summed E-state index contributed by atoms with van der Waals surface area (Å²) in [4.78, 5) is 11.8. The van der Waals surface area contributed by atoms with Gasteiger partial charge < -0.3 is 14.8 Å². The molecule has 6 nitrogen and oxygen atoms in total. The number of hydrazine groups is 1. The fraction of sp³-hybridized carbons (Fsp3) is 0.429. The van der Waals surface area contributed by atoms with Crippen LogP contribution < -0.4 is 25.6 Å². The van der Waals surface area contributed by atoms with Crippen molar-refractivity contribution in [1.82, 2.24) is 16.2 Å². The van der Waals surface area contributed by atoms with Gasteiger partial charge in [0.2, 0.25) is 0 Å². The third kappa shape index (κ3) is 6.31. The van der Waals surface area contributed by atoms with Gasteiger partial charge in [-0.2, -0.15) is 0 Å². The van der Waals surface area contributed by atoms with Crippen molar-refractivity contribution in [3.05, 3.63) is 24.3 Å². The Hall–Kier alpha value is -2.02. The molecule has 116 valence electrons. The van der Waals surface area contributed by atoms with Gasteiger partial charge in [0.1, 0.15) is 11.5 Å². The Morgan fingerprint density at radius 1 is 1.19 bits per heavy atom. The highest BCUT2D eigenvalue weighted by Crippen LogP contribution is 2.18. The van der Waals surface area contributed by atoms with Gasteiger partial charge in [0.05, 0.1) is 6.61 Å². The fourth-order valence-electron chi connectivity index (χ4n) is 1.46. The second-order valence-electron chi connectivity index (χ2n) is 4.14. The highest BCUT2D eigenvalue weighted by molar-refractivity contribution is 7.80. The summed E-state index contributed by atoms with van der Waals surface area (Å²) >= 11 is 4.94. The molecule has 0 fully saturated rings. The van der Waals surface area contributed by atoms with Gasteiger partial charge in [-0.1, -0.05) is 0 Å². The van der Waals surface area contributed by atoms with E-state index in [4.69, 9.17) is 21.7 Å². The first-order valence-corrected chi connectivity index (χ1v) is 7.20. The molecule has 0 aliphatic heterocycles. The second-order valence-corrected chi connectivity index (χ2v) is 4.55. The van der Waals surface area contributed by atoms with E-state index in [1.807, 2.05) is 13.8 Å². The molecule has 3 N–H and O–H groups in total. The summed E-state index contributed by atoms with van der Waals surface area (Å²) < 4.78 is 10.9. The van der Waals surface area contributed by atoms with E-state index in [9.17, 15) is 4.79 Å². The molecule has 1 rings (SSSR count). The number of benzene rings is 1. The molecule has 0 bridgehead atoms. The Bertz CT molecular complexity index is 465. The van der Waals surface area contributed by atoms with Crippen LogP contribution in [-0.4, -0.2) is 30.3 Å². The lowest BCUT2D eigenvalue weighted by atomic mass is 10.3. The Labute approximate surface area is 130 Å². The monoisotopic (exact) mass is 311 g/mol. The zero-order valence-electron chi connectivity index (χ0n) is 12.4. The highest BCUT2D eigenvalue weighted by atomic mass is 32.1. The van der Waals surface area contributed by atoms with Crippen molar-refractivity contribution in [2.75, 3.05) is 13.2 Å². The molecule has 0 spiro atoms. The molecule has 0 radical (unpaired) electrons. The van der Waals surface area contributed by atoms with Gasteiger partial charge >= 0.3 is 0 Å². The Kier molecular flexibility index (Phi) is 7.31. The lowest BCUT2D eigenvalue weighted by molar-refractivity contribution is -0.127. The summed E-state index contributed by atoms with van der Waals surface area (Å²) in [5.74, 6) is 1.04. The largest absolute Gasteiger partial charge is 0.494 e. The molecule has 0 aliphatic carbocycles. The van der Waals surface area contributed by atoms with Gasteiger partial charge in [0.15, 0.2) is 11.2 Å². The van der Waals surface area contributed by atoms with Crippen LogP contribution in [0, 0.1) is 0 Å². The number of amides is 1. The van der Waals surface area contributed by atoms with Crippen molar-refractivity contribution in [2.45, 2.75) is 26.9 Å². The fourth-order valence-corrected chi connectivity index (χ4v) is 1.66. The quantitative estimate of drug-likeness (QED) is 0.544. The number of carbonyl (C=O) groups excluding carboxylic acids is 1. The Morgan fingerprint density at radius 3 is 2.38 bits per heavy atom. The summed E-state index contributed by atoms with van der Waals surface area (Å²) in [5.41, 5.74) is 5.07. The van der Waals surface area contributed by atoms with Crippen LogP contribution in [0.15, 0.2) is 24.3 Å². The van der Waals surface area contributed by atoms with Crippen molar-refractivity contribution in [2.24, 2.45) is 0 Å². The molecule has 1 atom stereocenters. The Balaban J connectivity index is 2.42. The van der Waals surface area contributed by atoms with E-state index < -0.39 is 6.10 Å². The first kappa shape index (κ1) is 17.0. The third-order valence-electron chi connectivity index (χ3n) is 2.45. The van der Waals surface area contributed by atoms with Gasteiger partial charge in [0.25, 0.3) is 5.91 Å². The summed E-state index contributed by atoms with van der Waals surface area (Å²) in [6.07, 6.45) is -0.653. The highest BCUT2D eigenvalue weighted by Gasteiger charge is 2.14. The average molecular weight is 311 g/mol. The van der Waals surface area contributed by atoms with Crippen LogP contribution in [0.1, 0.15) is 20.8 Å². The maximum Gasteiger partial charge on any atom is 0.279 e. The lowest BCUT2D eigenvalue weighted by Gasteiger charge is -2.16. The Morgan fingerprint density at radius 2 is 1.81 bits per heavy atom. The predicted molar refractivity (Wildman–Crippen MR) is 85.3 cm³/mol. The smallest absolute Gasteiger partial charge is 0.279 e. The first-order chi connectivity index (χ1) is 10.1. The van der Waals surface area contributed by atoms with E-state index in [1.54, 1.807) is 31.2 Å². The van der Waals surface area contributed by atoms with E-state index >= 15 is 0 Å². The third-order valence-corrected chi connectivity index (χ3v) is 2.70. The lowest BCUT2D eigenvalue weighted by Crippen LogP contribution is -2.50. The van der Waals surface area contributed by atoms with Crippen molar-refractivity contribution in [1.29, 1.82) is 0 Å². The predicted octanol–water partition coefficient (Wildman–Crippen LogP) is 1.37. The van der Waals surface area contributed by atoms with Gasteiger partial charge in [-0.15, -0.1) is 0 Å². The summed E-state index contributed by atoms with van der Waals surface area (Å²) in [6.45, 7) is 6.77. The molecule has 0 saturated carbocycles. The molecule has 0 heterocycles. The molecular formula is C14H21N3O3S. The number of thiocarbonyl (C=S) groups is 1. The summed E-state index contributed by atoms with van der Waals surface area (Å²) in [6, 6.07) is 7.10. The van der Waals surface area contributed by atoms with Crippen molar-refractivity contribution < 1.29 is 14.3 Å². The minimum absolute atomic E-state index is 0.316. The zero-order chi connectivity index (χ0) is 15.7. The molecular weight excluding hydrogens is 290 g/mol. The van der Waals surface area contributed by atoms with Crippen LogP contribution in [0.3, 0.4) is 0 Å². The van der Waals surface area contributed by atoms with Gasteiger partial charge in [-0.05, 0) is 57.3 Å². The van der Waals surface area contributed by atoms with Gasteiger partial charge in [-0.3, -0.25) is 15.6 Å². The van der Waals surface area contributed by atoms with Crippen molar-refractivity contribution in [3.63, 3.8) is 0 Å². The molecule has 1 aromatic rings. The van der Waals surface area contributed by atoms with Crippen molar-refractivity contribution in [3.8, 4) is 11.5 Å². The molecule has 0 saturated heterocycles. The molecule has 0 aromatic heterocycles. The van der Waals surface area contributed by atoms with Crippen LogP contribution in [0.25, 0.3) is 0 Å². The van der Waals surface area contributed by atoms with Crippen molar-refractivity contribution >= 4 is 23.2 Å². The molecule has 7 heteroatoms. The van der Waals surface area contributed by atoms with Crippen LogP contribution in [0.4, 0.5) is 0 Å². The van der Waals surface area contributed by atoms with Crippen LogP contribution in [-0.2, 0) is 4.79 Å². The van der Waals surface area contributed by atoms with Gasteiger partial charge in [-0.25, -0.2) is 0 Å². The van der Waals surface area contributed by atoms with Gasteiger partial charge in [0, 0.05) is 6.54 Å². The normalized spacial score (nSPS) is 11.2. The SMILES string of the molecule is CCNC(=S)NNC(=O)[C@@H](C)Oc1ccc(OCC)cc1. The molecule has 0 aliphatic rings. The number of hydrogen-bond acceptors (Lipinski definition) is 4. The van der Waals surface area contributed by atoms with E-state index in [0.29, 0.717) is 24.0 Å². The van der Waals surface area contributed by atoms with Crippen LogP contribution in [0.5, 0.6) is 11.5 Å². The number of hydrogen-bond donors (Lipinski definition) is 3. The number of ether oxygens (including phenoxy) is 2. The molecule has 0 unspecified atom stereocenters. The first-order valence-electron chi connectivity index (χ1n) is 6.80. The second kappa shape index (κ2) is 9.02. The molecule has 21 heavy (non-hydrogen) atoms. The maximum atomic E-state index is 11.8. The van der Waals surface area contributed by atoms with E-state index in [-0.39, 0.29) is 5.91 Å². The number of nitrogens with one attached hydrogen (secondary N) is 3. The number of carbonyl (C=O) groups is 1. The minimum Gasteiger partial charge on any atom is -0.494 e. The van der Waals surface area contributed by atoms with Crippen LogP contribution >= 0.6 is 12.2 Å². The number of rotatable bonds is 6. The van der Waals surface area contributed by atoms with Crippen LogP contribution in [0.2, 0.25) is 0 Å².